The van der Waals surface area contributed by atoms with Crippen LogP contribution in [0, 0.1) is 12.8 Å². The van der Waals surface area contributed by atoms with Crippen LogP contribution in [-0.2, 0) is 42.8 Å². The third kappa shape index (κ3) is 23.0. The second kappa shape index (κ2) is 32.5. The number of benzene rings is 2. The number of amides is 2. The Morgan fingerprint density at radius 1 is 0.766 bits per heavy atom. The fourth-order valence-corrected chi connectivity index (χ4v) is 6.10. The Bertz CT molecular complexity index is 1900. The Hall–Kier alpha value is -5.16. The van der Waals surface area contributed by atoms with Crippen LogP contribution in [0.1, 0.15) is 57.6 Å². The van der Waals surface area contributed by atoms with Gasteiger partial charge in [-0.05, 0) is 78.5 Å². The quantitative estimate of drug-likeness (QED) is 0.0364. The SMILES string of the molecule is C=C(/C=C\C(=C/C)c1ccc(OCCOCCOCCOCCOCCOCCOCCC(C)C)c2ccccc12)[C@H](CC(=O)O)NC(=O)CNC(=O)CCCNc1cc(C)ccn1. The van der Waals surface area contributed by atoms with Gasteiger partial charge in [-0.1, -0.05) is 69.0 Å². The van der Waals surface area contributed by atoms with Gasteiger partial charge in [-0.2, -0.15) is 0 Å². The van der Waals surface area contributed by atoms with Crippen LogP contribution >= 0.6 is 0 Å². The molecule has 0 unspecified atom stereocenters. The number of hydrogen-bond acceptors (Lipinski definition) is 12. The second-order valence-electron chi connectivity index (χ2n) is 15.3. The highest BCUT2D eigenvalue weighted by Gasteiger charge is 2.19. The molecule has 0 aliphatic heterocycles. The van der Waals surface area contributed by atoms with E-state index in [4.69, 9.17) is 33.2 Å². The molecule has 15 heteroatoms. The molecule has 0 saturated heterocycles. The van der Waals surface area contributed by atoms with Crippen LogP contribution in [-0.4, -0.2) is 133 Å². The molecule has 4 N–H and O–H groups in total. The average Bonchev–Trinajstić information content (AvgIpc) is 3.27. The van der Waals surface area contributed by atoms with E-state index in [0.717, 1.165) is 46.3 Å². The molecule has 64 heavy (non-hydrogen) atoms. The van der Waals surface area contributed by atoms with Crippen molar-refractivity contribution in [2.24, 2.45) is 5.92 Å². The number of carboxylic acid groups (broad SMARTS) is 1. The molecule has 1 heterocycles. The molecule has 0 aliphatic rings. The normalized spacial score (nSPS) is 12.2. The molecule has 0 radical (unpaired) electrons. The fourth-order valence-electron chi connectivity index (χ4n) is 6.10. The van der Waals surface area contributed by atoms with Crippen molar-refractivity contribution in [3.8, 4) is 5.75 Å². The average molecular weight is 891 g/mol. The summed E-state index contributed by atoms with van der Waals surface area (Å²) >= 11 is 0. The first kappa shape index (κ1) is 53.2. The van der Waals surface area contributed by atoms with Crippen LogP contribution in [0.3, 0.4) is 0 Å². The largest absolute Gasteiger partial charge is 0.491 e. The van der Waals surface area contributed by atoms with Gasteiger partial charge in [0, 0.05) is 31.2 Å². The number of fused-ring (bicyclic) bond motifs is 1. The van der Waals surface area contributed by atoms with E-state index >= 15 is 0 Å². The number of allylic oxidation sites excluding steroid dienone is 3. The third-order valence-electron chi connectivity index (χ3n) is 9.58. The van der Waals surface area contributed by atoms with E-state index in [1.807, 2.05) is 74.5 Å². The second-order valence-corrected chi connectivity index (χ2v) is 15.3. The van der Waals surface area contributed by atoms with Crippen LogP contribution in [0.4, 0.5) is 5.82 Å². The molecular weight excluding hydrogens is 821 g/mol. The Balaban J connectivity index is 1.34. The molecule has 1 atom stereocenters. The van der Waals surface area contributed by atoms with E-state index in [2.05, 4.69) is 41.4 Å². The lowest BCUT2D eigenvalue weighted by Gasteiger charge is -2.18. The van der Waals surface area contributed by atoms with Crippen LogP contribution in [0.15, 0.2) is 85.1 Å². The van der Waals surface area contributed by atoms with Gasteiger partial charge in [0.1, 0.15) is 18.2 Å². The van der Waals surface area contributed by atoms with Crippen molar-refractivity contribution in [3.05, 3.63) is 96.2 Å². The molecule has 15 nitrogen and oxygen atoms in total. The van der Waals surface area contributed by atoms with E-state index in [1.54, 1.807) is 12.3 Å². The minimum absolute atomic E-state index is 0.210. The molecule has 0 bridgehead atoms. The summed E-state index contributed by atoms with van der Waals surface area (Å²) < 4.78 is 39.5. The van der Waals surface area contributed by atoms with Gasteiger partial charge < -0.3 is 54.2 Å². The number of hydrogen-bond donors (Lipinski definition) is 4. The highest BCUT2D eigenvalue weighted by molar-refractivity contribution is 5.99. The van der Waals surface area contributed by atoms with E-state index in [-0.39, 0.29) is 25.3 Å². The molecule has 2 amide bonds. The Morgan fingerprint density at radius 3 is 1.94 bits per heavy atom. The maximum Gasteiger partial charge on any atom is 0.305 e. The smallest absolute Gasteiger partial charge is 0.305 e. The lowest BCUT2D eigenvalue weighted by atomic mass is 9.96. The number of aryl methyl sites for hydroxylation is 1. The highest BCUT2D eigenvalue weighted by atomic mass is 16.6. The van der Waals surface area contributed by atoms with Gasteiger partial charge in [-0.25, -0.2) is 4.98 Å². The zero-order chi connectivity index (χ0) is 46.2. The van der Waals surface area contributed by atoms with Crippen molar-refractivity contribution >= 4 is 39.9 Å². The summed E-state index contributed by atoms with van der Waals surface area (Å²) in [6, 6.07) is 14.7. The van der Waals surface area contributed by atoms with Gasteiger partial charge in [0.2, 0.25) is 11.8 Å². The molecule has 0 aliphatic carbocycles. The van der Waals surface area contributed by atoms with Crippen molar-refractivity contribution in [1.29, 1.82) is 0 Å². The van der Waals surface area contributed by atoms with Gasteiger partial charge in [0.25, 0.3) is 0 Å². The predicted molar refractivity (Wildman–Crippen MR) is 250 cm³/mol. The summed E-state index contributed by atoms with van der Waals surface area (Å²) in [6.45, 7) is 19.1. The monoisotopic (exact) mass is 891 g/mol. The van der Waals surface area contributed by atoms with Gasteiger partial charge in [-0.15, -0.1) is 0 Å². The first-order valence-corrected chi connectivity index (χ1v) is 22.2. The third-order valence-corrected chi connectivity index (χ3v) is 9.58. The molecule has 3 rings (SSSR count). The molecule has 1 aromatic heterocycles. The number of carboxylic acids is 1. The van der Waals surface area contributed by atoms with Crippen LogP contribution in [0.25, 0.3) is 16.3 Å². The van der Waals surface area contributed by atoms with Crippen LogP contribution in [0.5, 0.6) is 5.75 Å². The summed E-state index contributed by atoms with van der Waals surface area (Å²) in [6.07, 6.45) is 8.64. The zero-order valence-corrected chi connectivity index (χ0v) is 38.2. The maximum atomic E-state index is 12.8. The van der Waals surface area contributed by atoms with Crippen molar-refractivity contribution in [2.75, 3.05) is 104 Å². The molecule has 0 spiro atoms. The Labute approximate surface area is 378 Å². The number of aromatic nitrogens is 1. The minimum Gasteiger partial charge on any atom is -0.491 e. The Kier molecular flexibility index (Phi) is 27.0. The van der Waals surface area contributed by atoms with Gasteiger partial charge in [0.05, 0.1) is 91.7 Å². The zero-order valence-electron chi connectivity index (χ0n) is 38.2. The number of nitrogens with zero attached hydrogens (tertiary/aromatic N) is 1. The Morgan fingerprint density at radius 2 is 1.36 bits per heavy atom. The van der Waals surface area contributed by atoms with Gasteiger partial charge in [0.15, 0.2) is 0 Å². The number of carbonyl (C=O) groups excluding carboxylic acids is 2. The topological polar surface area (TPSA) is 185 Å². The van der Waals surface area contributed by atoms with Crippen LogP contribution in [0.2, 0.25) is 0 Å². The minimum atomic E-state index is -1.10. The number of anilines is 1. The first-order chi connectivity index (χ1) is 31.1. The standard InChI is InChI=1S/C49H70N4O11/c1-6-40(14-13-39(5)44(35-49(56)57)53-48(55)36-52-47(54)12-9-19-50-46-34-38(4)17-20-51-46)41-15-16-45(43-11-8-7-10-42(41)43)64-33-32-63-31-30-62-29-28-61-27-26-60-25-24-59-23-22-58-21-18-37(2)3/h6-8,10-11,13-17,20,34,37,44H,5,9,12,18-19,21-33,35-36H2,1-4H3,(H,50,51)(H,52,54)(H,53,55)(H,56,57)/b14-13-,40-6+/t44-/m0/s1. The van der Waals surface area contributed by atoms with Gasteiger partial charge in [-0.3, -0.25) is 14.4 Å². The number of pyridine rings is 1. The summed E-state index contributed by atoms with van der Waals surface area (Å²) in [4.78, 5) is 41.1. The summed E-state index contributed by atoms with van der Waals surface area (Å²) in [5.74, 6) is 0.184. The summed E-state index contributed by atoms with van der Waals surface area (Å²) in [5.41, 5.74) is 3.27. The van der Waals surface area contributed by atoms with Crippen molar-refractivity contribution in [3.63, 3.8) is 0 Å². The number of aliphatic carboxylic acids is 1. The fraction of sp³-hybridized carbons (Fsp3) is 0.510. The number of rotatable bonds is 36. The molecular formula is C49H70N4O11. The van der Waals surface area contributed by atoms with E-state index in [9.17, 15) is 19.5 Å². The molecule has 352 valence electrons. The molecule has 0 fully saturated rings. The summed E-state index contributed by atoms with van der Waals surface area (Å²) in [7, 11) is 0. The number of carbonyl (C=O) groups is 3. The molecule has 0 saturated carbocycles. The van der Waals surface area contributed by atoms with E-state index in [0.29, 0.717) is 109 Å². The van der Waals surface area contributed by atoms with Crippen molar-refractivity contribution in [1.82, 2.24) is 15.6 Å². The predicted octanol–water partition coefficient (Wildman–Crippen LogP) is 6.55. The van der Waals surface area contributed by atoms with E-state index < -0.39 is 17.9 Å². The van der Waals surface area contributed by atoms with Crippen molar-refractivity contribution in [2.45, 2.75) is 59.4 Å². The van der Waals surface area contributed by atoms with Crippen molar-refractivity contribution < 1.29 is 52.6 Å². The molecule has 3 aromatic rings. The molecule has 2 aromatic carbocycles. The lowest BCUT2D eigenvalue weighted by Crippen LogP contribution is -2.43. The number of ether oxygens (including phenoxy) is 7. The van der Waals surface area contributed by atoms with Crippen LogP contribution < -0.4 is 20.7 Å². The first-order valence-electron chi connectivity index (χ1n) is 22.2. The summed E-state index contributed by atoms with van der Waals surface area (Å²) in [5, 5.41) is 20.0. The van der Waals surface area contributed by atoms with E-state index in [1.165, 1.54) is 0 Å². The maximum absolute atomic E-state index is 12.8. The lowest BCUT2D eigenvalue weighted by molar-refractivity contribution is -0.137. The number of nitrogens with one attached hydrogen (secondary N) is 3. The van der Waals surface area contributed by atoms with Gasteiger partial charge >= 0.3 is 5.97 Å². The highest BCUT2D eigenvalue weighted by Crippen LogP contribution is 2.33.